The van der Waals surface area contributed by atoms with Crippen LogP contribution in [0.3, 0.4) is 0 Å². The predicted octanol–water partition coefficient (Wildman–Crippen LogP) is 2.96. The van der Waals surface area contributed by atoms with Gasteiger partial charge in [0, 0.05) is 24.7 Å². The van der Waals surface area contributed by atoms with E-state index < -0.39 is 0 Å². The Morgan fingerprint density at radius 1 is 1.12 bits per heavy atom. The quantitative estimate of drug-likeness (QED) is 0.668. The fourth-order valence-electron chi connectivity index (χ4n) is 2.43. The SMILES string of the molecule is NC(=NCCc1cccc(F)c1)Nc1ccc2c(c1)OCCCO2. The smallest absolute Gasteiger partial charge is 0.193 e. The van der Waals surface area contributed by atoms with Crippen LogP contribution in [0.4, 0.5) is 10.1 Å². The molecule has 0 aliphatic carbocycles. The second kappa shape index (κ2) is 7.68. The van der Waals surface area contributed by atoms with Crippen LogP contribution < -0.4 is 20.5 Å². The van der Waals surface area contributed by atoms with Gasteiger partial charge in [-0.1, -0.05) is 12.1 Å². The molecule has 0 radical (unpaired) electrons. The molecule has 0 bridgehead atoms. The minimum absolute atomic E-state index is 0.241. The topological polar surface area (TPSA) is 68.9 Å². The molecule has 1 aliphatic rings. The molecule has 1 aliphatic heterocycles. The zero-order valence-corrected chi connectivity index (χ0v) is 13.3. The lowest BCUT2D eigenvalue weighted by molar-refractivity contribution is 0.297. The number of benzene rings is 2. The Balaban J connectivity index is 1.58. The van der Waals surface area contributed by atoms with Crippen LogP contribution in [0, 0.1) is 5.82 Å². The van der Waals surface area contributed by atoms with E-state index in [2.05, 4.69) is 10.3 Å². The lowest BCUT2D eigenvalue weighted by Crippen LogP contribution is -2.23. The third-order valence-electron chi connectivity index (χ3n) is 3.59. The van der Waals surface area contributed by atoms with E-state index in [1.807, 2.05) is 24.3 Å². The molecular weight excluding hydrogens is 309 g/mol. The van der Waals surface area contributed by atoms with Crippen molar-refractivity contribution in [3.63, 3.8) is 0 Å². The minimum atomic E-state index is -0.241. The third-order valence-corrected chi connectivity index (χ3v) is 3.59. The van der Waals surface area contributed by atoms with Gasteiger partial charge < -0.3 is 20.5 Å². The molecule has 0 amide bonds. The first-order chi connectivity index (χ1) is 11.7. The van der Waals surface area contributed by atoms with E-state index >= 15 is 0 Å². The second-order valence-corrected chi connectivity index (χ2v) is 5.48. The van der Waals surface area contributed by atoms with Gasteiger partial charge in [0.15, 0.2) is 17.5 Å². The van der Waals surface area contributed by atoms with Gasteiger partial charge in [-0.25, -0.2) is 4.39 Å². The number of hydrogen-bond acceptors (Lipinski definition) is 3. The van der Waals surface area contributed by atoms with Gasteiger partial charge in [0.2, 0.25) is 0 Å². The van der Waals surface area contributed by atoms with Crippen molar-refractivity contribution in [2.45, 2.75) is 12.8 Å². The van der Waals surface area contributed by atoms with E-state index in [1.54, 1.807) is 6.07 Å². The molecule has 0 atom stereocenters. The summed E-state index contributed by atoms with van der Waals surface area (Å²) in [6, 6.07) is 12.0. The third kappa shape index (κ3) is 4.38. The van der Waals surface area contributed by atoms with E-state index in [9.17, 15) is 4.39 Å². The molecule has 126 valence electrons. The van der Waals surface area contributed by atoms with Crippen molar-refractivity contribution in [3.8, 4) is 11.5 Å². The second-order valence-electron chi connectivity index (χ2n) is 5.48. The summed E-state index contributed by atoms with van der Waals surface area (Å²) < 4.78 is 24.3. The Morgan fingerprint density at radius 3 is 2.79 bits per heavy atom. The van der Waals surface area contributed by atoms with Gasteiger partial charge in [0.05, 0.1) is 13.2 Å². The molecule has 0 saturated heterocycles. The molecule has 0 spiro atoms. The summed E-state index contributed by atoms with van der Waals surface area (Å²) in [5.74, 6) is 1.50. The molecule has 2 aromatic carbocycles. The van der Waals surface area contributed by atoms with Crippen LogP contribution in [0.15, 0.2) is 47.5 Å². The van der Waals surface area contributed by atoms with Crippen molar-refractivity contribution >= 4 is 11.6 Å². The van der Waals surface area contributed by atoms with E-state index in [-0.39, 0.29) is 5.82 Å². The molecular formula is C18H20FN3O2. The summed E-state index contributed by atoms with van der Waals surface area (Å²) in [7, 11) is 0. The molecule has 0 unspecified atom stereocenters. The van der Waals surface area contributed by atoms with Gasteiger partial charge >= 0.3 is 0 Å². The van der Waals surface area contributed by atoms with Crippen LogP contribution in [0.25, 0.3) is 0 Å². The van der Waals surface area contributed by atoms with Crippen LogP contribution in [0.5, 0.6) is 11.5 Å². The van der Waals surface area contributed by atoms with Crippen molar-refractivity contribution in [1.82, 2.24) is 0 Å². The highest BCUT2D eigenvalue weighted by Crippen LogP contribution is 2.32. The lowest BCUT2D eigenvalue weighted by Gasteiger charge is -2.10. The van der Waals surface area contributed by atoms with Gasteiger partial charge in [-0.2, -0.15) is 0 Å². The van der Waals surface area contributed by atoms with Gasteiger partial charge in [-0.3, -0.25) is 4.99 Å². The summed E-state index contributed by atoms with van der Waals surface area (Å²) in [5.41, 5.74) is 7.57. The summed E-state index contributed by atoms with van der Waals surface area (Å²) in [6.45, 7) is 1.77. The molecule has 24 heavy (non-hydrogen) atoms. The van der Waals surface area contributed by atoms with Gasteiger partial charge in [-0.05, 0) is 36.2 Å². The van der Waals surface area contributed by atoms with Crippen LogP contribution in [-0.4, -0.2) is 25.7 Å². The number of halogens is 1. The maximum Gasteiger partial charge on any atom is 0.193 e. The normalized spacial score (nSPS) is 14.1. The Bertz CT molecular complexity index is 734. The molecule has 0 saturated carbocycles. The first-order valence-corrected chi connectivity index (χ1v) is 7.92. The van der Waals surface area contributed by atoms with Gasteiger partial charge in [0.25, 0.3) is 0 Å². The maximum absolute atomic E-state index is 13.1. The van der Waals surface area contributed by atoms with Crippen molar-refractivity contribution in [2.75, 3.05) is 25.1 Å². The summed E-state index contributed by atoms with van der Waals surface area (Å²) in [4.78, 5) is 4.26. The van der Waals surface area contributed by atoms with E-state index in [0.717, 1.165) is 23.4 Å². The van der Waals surface area contributed by atoms with E-state index in [1.165, 1.54) is 12.1 Å². The summed E-state index contributed by atoms with van der Waals surface area (Å²) in [5, 5.41) is 3.03. The number of nitrogens with two attached hydrogens (primary N) is 1. The van der Waals surface area contributed by atoms with Gasteiger partial charge in [-0.15, -0.1) is 0 Å². The van der Waals surface area contributed by atoms with Crippen LogP contribution in [0.2, 0.25) is 0 Å². The fourth-order valence-corrected chi connectivity index (χ4v) is 2.43. The highest BCUT2D eigenvalue weighted by atomic mass is 19.1. The Labute approximate surface area is 140 Å². The Hall–Kier alpha value is -2.76. The van der Waals surface area contributed by atoms with E-state index in [0.29, 0.717) is 37.9 Å². The first kappa shape index (κ1) is 16.1. The average Bonchev–Trinajstić information content (AvgIpc) is 2.80. The minimum Gasteiger partial charge on any atom is -0.490 e. The van der Waals surface area contributed by atoms with Crippen LogP contribution >= 0.6 is 0 Å². The highest BCUT2D eigenvalue weighted by Gasteiger charge is 2.10. The molecule has 3 N–H and O–H groups in total. The van der Waals surface area contributed by atoms with Crippen molar-refractivity contribution < 1.29 is 13.9 Å². The van der Waals surface area contributed by atoms with E-state index in [4.69, 9.17) is 15.2 Å². The average molecular weight is 329 g/mol. The molecule has 5 nitrogen and oxygen atoms in total. The number of nitrogens with one attached hydrogen (secondary N) is 1. The number of guanidine groups is 1. The standard InChI is InChI=1S/C18H20FN3O2/c19-14-4-1-3-13(11-14)7-8-21-18(20)22-15-5-6-16-17(12-15)24-10-2-9-23-16/h1,3-6,11-12H,2,7-10H2,(H3,20,21,22). The van der Waals surface area contributed by atoms with Crippen LogP contribution in [0.1, 0.15) is 12.0 Å². The van der Waals surface area contributed by atoms with Crippen LogP contribution in [-0.2, 0) is 6.42 Å². The largest absolute Gasteiger partial charge is 0.490 e. The number of nitrogens with zero attached hydrogens (tertiary/aromatic N) is 1. The maximum atomic E-state index is 13.1. The fraction of sp³-hybridized carbons (Fsp3) is 0.278. The zero-order chi connectivity index (χ0) is 16.8. The van der Waals surface area contributed by atoms with Crippen molar-refractivity contribution in [3.05, 3.63) is 53.8 Å². The Kier molecular flexibility index (Phi) is 5.15. The number of hydrogen-bond donors (Lipinski definition) is 2. The van der Waals surface area contributed by atoms with Crippen molar-refractivity contribution in [1.29, 1.82) is 0 Å². The molecule has 0 fully saturated rings. The molecule has 6 heteroatoms. The lowest BCUT2D eigenvalue weighted by atomic mass is 10.1. The number of rotatable bonds is 4. The van der Waals surface area contributed by atoms with Gasteiger partial charge in [0.1, 0.15) is 5.82 Å². The molecule has 0 aromatic heterocycles. The number of ether oxygens (including phenoxy) is 2. The molecule has 1 heterocycles. The number of fused-ring (bicyclic) bond motifs is 1. The number of anilines is 1. The molecule has 2 aromatic rings. The highest BCUT2D eigenvalue weighted by molar-refractivity contribution is 5.92. The van der Waals surface area contributed by atoms with Crippen molar-refractivity contribution in [2.24, 2.45) is 10.7 Å². The monoisotopic (exact) mass is 329 g/mol. The summed E-state index contributed by atoms with van der Waals surface area (Å²) in [6.07, 6.45) is 1.49. The Morgan fingerprint density at radius 2 is 1.96 bits per heavy atom. The zero-order valence-electron chi connectivity index (χ0n) is 13.3. The molecule has 3 rings (SSSR count). The summed E-state index contributed by atoms with van der Waals surface area (Å²) >= 11 is 0. The number of aliphatic imine (C=N–C) groups is 1. The predicted molar refractivity (Wildman–Crippen MR) is 92.3 cm³/mol. The first-order valence-electron chi connectivity index (χ1n) is 7.92.